The van der Waals surface area contributed by atoms with Crippen LogP contribution in [0.15, 0.2) is 41.3 Å². The van der Waals surface area contributed by atoms with Gasteiger partial charge in [-0.05, 0) is 30.3 Å². The van der Waals surface area contributed by atoms with Crippen LogP contribution in [0.4, 0.5) is 24.5 Å². The number of hydrogen-bond donors (Lipinski definition) is 2. The molecular formula is C12H9F3N2O2S. The van der Waals surface area contributed by atoms with E-state index in [1.165, 1.54) is 6.07 Å². The summed E-state index contributed by atoms with van der Waals surface area (Å²) in [6, 6.07) is 5.21. The smallest absolute Gasteiger partial charge is 0.262 e. The van der Waals surface area contributed by atoms with Crippen molar-refractivity contribution in [2.24, 2.45) is 0 Å². The lowest BCUT2D eigenvalue weighted by atomic mass is 10.3. The van der Waals surface area contributed by atoms with Gasteiger partial charge in [0.05, 0.1) is 16.3 Å². The van der Waals surface area contributed by atoms with E-state index in [0.717, 1.165) is 18.2 Å². The summed E-state index contributed by atoms with van der Waals surface area (Å²) in [4.78, 5) is -0.500. The molecule has 0 saturated carbocycles. The molecule has 0 unspecified atom stereocenters. The lowest BCUT2D eigenvalue weighted by Crippen LogP contribution is -2.14. The third kappa shape index (κ3) is 2.85. The number of nitrogen functional groups attached to an aromatic ring is 1. The van der Waals surface area contributed by atoms with Gasteiger partial charge in [-0.2, -0.15) is 0 Å². The maximum absolute atomic E-state index is 13.0. The Labute approximate surface area is 113 Å². The molecule has 0 aliphatic carbocycles. The summed E-state index contributed by atoms with van der Waals surface area (Å²) in [7, 11) is -4.20. The Morgan fingerprint density at radius 1 is 0.950 bits per heavy atom. The SMILES string of the molecule is Nc1ccc(F)cc1NS(=O)(=O)c1ccc(F)c(F)c1. The average Bonchev–Trinajstić information content (AvgIpc) is 2.36. The molecule has 0 saturated heterocycles. The molecule has 0 amide bonds. The molecule has 0 fully saturated rings. The van der Waals surface area contributed by atoms with Crippen molar-refractivity contribution in [1.29, 1.82) is 0 Å². The number of nitrogens with two attached hydrogens (primary N) is 1. The summed E-state index contributed by atoms with van der Waals surface area (Å²) in [5.41, 5.74) is 5.31. The van der Waals surface area contributed by atoms with Gasteiger partial charge in [-0.3, -0.25) is 4.72 Å². The number of benzene rings is 2. The molecule has 8 heteroatoms. The number of sulfonamides is 1. The molecular weight excluding hydrogens is 293 g/mol. The van der Waals surface area contributed by atoms with Crippen LogP contribution in [0.25, 0.3) is 0 Å². The zero-order valence-electron chi connectivity index (χ0n) is 9.90. The summed E-state index contributed by atoms with van der Waals surface area (Å²) >= 11 is 0. The second-order valence-corrected chi connectivity index (χ2v) is 5.60. The van der Waals surface area contributed by atoms with Crippen LogP contribution in [0.2, 0.25) is 0 Å². The summed E-state index contributed by atoms with van der Waals surface area (Å²) in [5.74, 6) is -3.17. The van der Waals surface area contributed by atoms with Crippen LogP contribution in [-0.4, -0.2) is 8.42 Å². The first-order valence-corrected chi connectivity index (χ1v) is 6.81. The number of rotatable bonds is 3. The van der Waals surface area contributed by atoms with E-state index in [4.69, 9.17) is 5.73 Å². The minimum atomic E-state index is -4.20. The van der Waals surface area contributed by atoms with Gasteiger partial charge in [0.15, 0.2) is 11.6 Å². The molecule has 0 bridgehead atoms. The fraction of sp³-hybridized carbons (Fsp3) is 0. The van der Waals surface area contributed by atoms with Gasteiger partial charge in [-0.15, -0.1) is 0 Å². The van der Waals surface area contributed by atoms with Gasteiger partial charge < -0.3 is 5.73 Å². The van der Waals surface area contributed by atoms with Crippen molar-refractivity contribution < 1.29 is 21.6 Å². The summed E-state index contributed by atoms with van der Waals surface area (Å²) in [6.45, 7) is 0. The summed E-state index contributed by atoms with van der Waals surface area (Å²) in [5, 5.41) is 0. The van der Waals surface area contributed by atoms with Gasteiger partial charge in [0.2, 0.25) is 0 Å². The van der Waals surface area contributed by atoms with Gasteiger partial charge in [-0.1, -0.05) is 0 Å². The second kappa shape index (κ2) is 5.04. The van der Waals surface area contributed by atoms with Gasteiger partial charge in [0.1, 0.15) is 5.82 Å². The largest absolute Gasteiger partial charge is 0.397 e. The zero-order chi connectivity index (χ0) is 14.9. The highest BCUT2D eigenvalue weighted by Gasteiger charge is 2.18. The van der Waals surface area contributed by atoms with E-state index in [-0.39, 0.29) is 11.4 Å². The molecule has 2 rings (SSSR count). The van der Waals surface area contributed by atoms with Crippen LogP contribution in [0.1, 0.15) is 0 Å². The minimum absolute atomic E-state index is 0.00226. The second-order valence-electron chi connectivity index (χ2n) is 3.91. The van der Waals surface area contributed by atoms with E-state index in [9.17, 15) is 21.6 Å². The highest BCUT2D eigenvalue weighted by molar-refractivity contribution is 7.92. The molecule has 2 aromatic carbocycles. The van der Waals surface area contributed by atoms with Crippen LogP contribution < -0.4 is 10.5 Å². The highest BCUT2D eigenvalue weighted by atomic mass is 32.2. The molecule has 0 spiro atoms. The van der Waals surface area contributed by atoms with Crippen molar-refractivity contribution in [3.8, 4) is 0 Å². The van der Waals surface area contributed by atoms with E-state index in [1.54, 1.807) is 0 Å². The summed E-state index contributed by atoms with van der Waals surface area (Å²) in [6.07, 6.45) is 0. The Balaban J connectivity index is 2.40. The van der Waals surface area contributed by atoms with Gasteiger partial charge in [-0.25, -0.2) is 21.6 Å². The number of anilines is 2. The first-order valence-electron chi connectivity index (χ1n) is 5.32. The Morgan fingerprint density at radius 3 is 2.30 bits per heavy atom. The van der Waals surface area contributed by atoms with Crippen molar-refractivity contribution in [2.75, 3.05) is 10.5 Å². The molecule has 20 heavy (non-hydrogen) atoms. The predicted octanol–water partition coefficient (Wildman–Crippen LogP) is 2.49. The molecule has 0 aromatic heterocycles. The molecule has 106 valence electrons. The van der Waals surface area contributed by atoms with E-state index < -0.39 is 32.4 Å². The third-order valence-corrected chi connectivity index (χ3v) is 3.82. The average molecular weight is 302 g/mol. The van der Waals surface area contributed by atoms with Crippen LogP contribution in [0.5, 0.6) is 0 Å². The molecule has 0 heterocycles. The Bertz CT molecular complexity index is 763. The van der Waals surface area contributed by atoms with Crippen LogP contribution in [0, 0.1) is 17.5 Å². The first kappa shape index (κ1) is 14.2. The van der Waals surface area contributed by atoms with Gasteiger partial charge >= 0.3 is 0 Å². The minimum Gasteiger partial charge on any atom is -0.397 e. The fourth-order valence-corrected chi connectivity index (χ4v) is 2.55. The van der Waals surface area contributed by atoms with E-state index in [0.29, 0.717) is 12.1 Å². The molecule has 3 N–H and O–H groups in total. The summed E-state index contributed by atoms with van der Waals surface area (Å²) < 4.78 is 64.8. The van der Waals surface area contributed by atoms with Gasteiger partial charge in [0, 0.05) is 6.07 Å². The topological polar surface area (TPSA) is 72.2 Å². The third-order valence-electron chi connectivity index (χ3n) is 2.46. The standard InChI is InChI=1S/C12H9F3N2O2S/c13-7-1-4-11(16)12(5-7)17-20(18,19)8-2-3-9(14)10(15)6-8/h1-6,17H,16H2. The van der Waals surface area contributed by atoms with Crippen molar-refractivity contribution >= 4 is 21.4 Å². The van der Waals surface area contributed by atoms with E-state index >= 15 is 0 Å². The number of nitrogens with one attached hydrogen (secondary N) is 1. The zero-order valence-corrected chi connectivity index (χ0v) is 10.7. The van der Waals surface area contributed by atoms with Crippen molar-refractivity contribution in [3.05, 3.63) is 53.8 Å². The highest BCUT2D eigenvalue weighted by Crippen LogP contribution is 2.23. The molecule has 0 radical (unpaired) electrons. The monoisotopic (exact) mass is 302 g/mol. The molecule has 0 aliphatic heterocycles. The van der Waals surface area contributed by atoms with Crippen molar-refractivity contribution in [3.63, 3.8) is 0 Å². The van der Waals surface area contributed by atoms with Crippen molar-refractivity contribution in [2.45, 2.75) is 4.90 Å². The molecule has 0 atom stereocenters. The Morgan fingerprint density at radius 2 is 1.65 bits per heavy atom. The molecule has 0 aliphatic rings. The quantitative estimate of drug-likeness (QED) is 0.856. The van der Waals surface area contributed by atoms with E-state index in [1.807, 2.05) is 4.72 Å². The Hall–Kier alpha value is -2.22. The van der Waals surface area contributed by atoms with Crippen molar-refractivity contribution in [1.82, 2.24) is 0 Å². The maximum atomic E-state index is 13.0. The normalized spacial score (nSPS) is 11.3. The maximum Gasteiger partial charge on any atom is 0.262 e. The lowest BCUT2D eigenvalue weighted by molar-refractivity contribution is 0.504. The van der Waals surface area contributed by atoms with Crippen LogP contribution in [-0.2, 0) is 10.0 Å². The lowest BCUT2D eigenvalue weighted by Gasteiger charge is -2.10. The van der Waals surface area contributed by atoms with Crippen LogP contribution in [0.3, 0.4) is 0 Å². The van der Waals surface area contributed by atoms with Gasteiger partial charge in [0.25, 0.3) is 10.0 Å². The van der Waals surface area contributed by atoms with E-state index in [2.05, 4.69) is 0 Å². The number of halogens is 3. The molecule has 2 aromatic rings. The first-order chi connectivity index (χ1) is 9.29. The number of hydrogen-bond acceptors (Lipinski definition) is 3. The van der Waals surface area contributed by atoms with Crippen LogP contribution >= 0.6 is 0 Å². The Kier molecular flexibility index (Phi) is 3.58. The predicted molar refractivity (Wildman–Crippen MR) is 68.0 cm³/mol. The molecule has 4 nitrogen and oxygen atoms in total. The fourth-order valence-electron chi connectivity index (χ4n) is 1.46.